The number of aromatic nitrogens is 3. The minimum absolute atomic E-state index is 0.234. The lowest BCUT2D eigenvalue weighted by molar-refractivity contribution is 0.102. The molecular weight excluding hydrogens is 446 g/mol. The van der Waals surface area contributed by atoms with Crippen molar-refractivity contribution in [3.05, 3.63) is 75.9 Å². The van der Waals surface area contributed by atoms with Crippen LogP contribution in [0, 0.1) is 18.3 Å². The Balaban J connectivity index is 1.82. The summed E-state index contributed by atoms with van der Waals surface area (Å²) in [6.45, 7) is 1.96. The number of benzene rings is 2. The first kappa shape index (κ1) is 19.6. The zero-order valence-electron chi connectivity index (χ0n) is 16.2. The number of rotatable bonds is 4. The van der Waals surface area contributed by atoms with Crippen LogP contribution in [-0.2, 0) is 0 Å². The van der Waals surface area contributed by atoms with Crippen LogP contribution in [0.1, 0.15) is 21.5 Å². The van der Waals surface area contributed by atoms with Crippen molar-refractivity contribution in [1.82, 2.24) is 14.8 Å². The molecule has 148 valence electrons. The van der Waals surface area contributed by atoms with Crippen LogP contribution in [0.5, 0.6) is 5.75 Å². The van der Waals surface area contributed by atoms with E-state index in [0.29, 0.717) is 22.6 Å². The summed E-state index contributed by atoms with van der Waals surface area (Å²) in [5.41, 5.74) is 2.32. The second-order valence-corrected chi connectivity index (χ2v) is 7.46. The maximum atomic E-state index is 12.8. The highest BCUT2D eigenvalue weighted by Crippen LogP contribution is 2.29. The standard InChI is InChI=1S/C22H16BrN5O2/c1-13-9-19(26-20-17(13)7-4-8-18(20)30-2)28-21(15(11-24)12-25-28)27-22(29)14-5-3-6-16(23)10-14/h3-10,12H,1-2H3,(H,27,29). The second-order valence-electron chi connectivity index (χ2n) is 6.55. The third kappa shape index (κ3) is 3.51. The number of carbonyl (C=O) groups excluding carboxylic acids is 1. The number of halogens is 1. The van der Waals surface area contributed by atoms with E-state index < -0.39 is 0 Å². The van der Waals surface area contributed by atoms with Crippen molar-refractivity contribution in [2.45, 2.75) is 6.92 Å². The van der Waals surface area contributed by atoms with Crippen LogP contribution < -0.4 is 10.1 Å². The first-order valence-corrected chi connectivity index (χ1v) is 9.81. The van der Waals surface area contributed by atoms with Gasteiger partial charge in [0, 0.05) is 15.4 Å². The van der Waals surface area contributed by atoms with Gasteiger partial charge in [-0.05, 0) is 42.8 Å². The summed E-state index contributed by atoms with van der Waals surface area (Å²) in [6, 6.07) is 16.6. The number of nitrogens with zero attached hydrogens (tertiary/aromatic N) is 4. The number of nitriles is 1. The van der Waals surface area contributed by atoms with Crippen LogP contribution in [-0.4, -0.2) is 27.8 Å². The molecule has 0 aliphatic heterocycles. The number of hydrogen-bond donors (Lipinski definition) is 1. The van der Waals surface area contributed by atoms with Crippen LogP contribution in [0.15, 0.2) is 59.2 Å². The minimum Gasteiger partial charge on any atom is -0.494 e. The Hall–Kier alpha value is -3.70. The molecule has 4 aromatic rings. The summed E-state index contributed by atoms with van der Waals surface area (Å²) in [5.74, 6) is 0.994. The first-order valence-electron chi connectivity index (χ1n) is 9.01. The van der Waals surface area contributed by atoms with Gasteiger partial charge in [0.2, 0.25) is 0 Å². The minimum atomic E-state index is -0.357. The molecule has 2 aromatic heterocycles. The zero-order chi connectivity index (χ0) is 21.3. The van der Waals surface area contributed by atoms with Crippen molar-refractivity contribution in [2.75, 3.05) is 12.4 Å². The van der Waals surface area contributed by atoms with Gasteiger partial charge in [-0.15, -0.1) is 0 Å². The number of pyridine rings is 1. The van der Waals surface area contributed by atoms with E-state index in [2.05, 4.69) is 37.4 Å². The van der Waals surface area contributed by atoms with Gasteiger partial charge < -0.3 is 10.1 Å². The van der Waals surface area contributed by atoms with Crippen molar-refractivity contribution >= 4 is 38.6 Å². The molecule has 0 spiro atoms. The molecule has 8 heteroatoms. The van der Waals surface area contributed by atoms with E-state index in [1.165, 1.54) is 10.9 Å². The molecule has 30 heavy (non-hydrogen) atoms. The average Bonchev–Trinajstić information content (AvgIpc) is 3.15. The molecule has 0 aliphatic rings. The molecule has 2 aromatic carbocycles. The number of amides is 1. The molecule has 1 amide bonds. The molecule has 2 heterocycles. The van der Waals surface area contributed by atoms with Gasteiger partial charge in [0.15, 0.2) is 11.6 Å². The molecule has 0 bridgehead atoms. The quantitative estimate of drug-likeness (QED) is 0.478. The molecular formula is C22H16BrN5O2. The zero-order valence-corrected chi connectivity index (χ0v) is 17.8. The van der Waals surface area contributed by atoms with Gasteiger partial charge in [0.1, 0.15) is 22.9 Å². The number of fused-ring (bicyclic) bond motifs is 1. The lowest BCUT2D eigenvalue weighted by Gasteiger charge is -2.12. The fraction of sp³-hybridized carbons (Fsp3) is 0.0909. The van der Waals surface area contributed by atoms with E-state index in [0.717, 1.165) is 15.4 Å². The van der Waals surface area contributed by atoms with Crippen LogP contribution in [0.25, 0.3) is 16.7 Å². The molecule has 1 N–H and O–H groups in total. The maximum Gasteiger partial charge on any atom is 0.256 e. The maximum absolute atomic E-state index is 12.8. The van der Waals surface area contributed by atoms with Gasteiger partial charge in [-0.1, -0.05) is 34.1 Å². The van der Waals surface area contributed by atoms with Gasteiger partial charge in [0.25, 0.3) is 5.91 Å². The highest BCUT2D eigenvalue weighted by molar-refractivity contribution is 9.10. The summed E-state index contributed by atoms with van der Waals surface area (Å²) in [4.78, 5) is 17.5. The largest absolute Gasteiger partial charge is 0.494 e. The number of ether oxygens (including phenoxy) is 1. The lowest BCUT2D eigenvalue weighted by atomic mass is 10.1. The lowest BCUT2D eigenvalue weighted by Crippen LogP contribution is -2.16. The fourth-order valence-electron chi connectivity index (χ4n) is 3.18. The second kappa shape index (κ2) is 7.97. The van der Waals surface area contributed by atoms with Gasteiger partial charge in [-0.3, -0.25) is 4.79 Å². The molecule has 0 atom stereocenters. The van der Waals surface area contributed by atoms with Crippen molar-refractivity contribution in [3.8, 4) is 17.6 Å². The highest BCUT2D eigenvalue weighted by atomic mass is 79.9. The Bertz CT molecular complexity index is 1320. The molecule has 0 aliphatic carbocycles. The van der Waals surface area contributed by atoms with E-state index in [1.807, 2.05) is 37.3 Å². The van der Waals surface area contributed by atoms with E-state index in [9.17, 15) is 10.1 Å². The van der Waals surface area contributed by atoms with Crippen molar-refractivity contribution in [1.29, 1.82) is 5.26 Å². The number of para-hydroxylation sites is 1. The summed E-state index contributed by atoms with van der Waals surface area (Å²) in [7, 11) is 1.59. The molecule has 0 saturated carbocycles. The van der Waals surface area contributed by atoms with Crippen molar-refractivity contribution in [2.24, 2.45) is 0 Å². The topological polar surface area (TPSA) is 92.8 Å². The van der Waals surface area contributed by atoms with E-state index >= 15 is 0 Å². The molecule has 7 nitrogen and oxygen atoms in total. The predicted molar refractivity (Wildman–Crippen MR) is 117 cm³/mol. The molecule has 0 saturated heterocycles. The molecule has 0 radical (unpaired) electrons. The number of aryl methyl sites for hydroxylation is 1. The molecule has 0 fully saturated rings. The van der Waals surface area contributed by atoms with Crippen LogP contribution >= 0.6 is 15.9 Å². The van der Waals surface area contributed by atoms with Crippen LogP contribution in [0.4, 0.5) is 5.82 Å². The van der Waals surface area contributed by atoms with Crippen molar-refractivity contribution in [3.63, 3.8) is 0 Å². The Morgan fingerprint density at radius 2 is 2.03 bits per heavy atom. The Labute approximate surface area is 181 Å². The Morgan fingerprint density at radius 1 is 1.23 bits per heavy atom. The third-order valence-corrected chi connectivity index (χ3v) is 5.13. The third-order valence-electron chi connectivity index (χ3n) is 4.64. The summed E-state index contributed by atoms with van der Waals surface area (Å²) in [5, 5.41) is 17.5. The van der Waals surface area contributed by atoms with Gasteiger partial charge in [0.05, 0.1) is 13.3 Å². The number of anilines is 1. The number of hydrogen-bond acceptors (Lipinski definition) is 5. The Kier molecular flexibility index (Phi) is 5.21. The highest BCUT2D eigenvalue weighted by Gasteiger charge is 2.18. The SMILES string of the molecule is COc1cccc2c(C)cc(-n3ncc(C#N)c3NC(=O)c3cccc(Br)c3)nc12. The van der Waals surface area contributed by atoms with Crippen LogP contribution in [0.3, 0.4) is 0 Å². The van der Waals surface area contributed by atoms with E-state index in [1.54, 1.807) is 25.3 Å². The summed E-state index contributed by atoms with van der Waals surface area (Å²) < 4.78 is 7.68. The molecule has 0 unspecified atom stereocenters. The number of nitrogens with one attached hydrogen (secondary N) is 1. The van der Waals surface area contributed by atoms with E-state index in [-0.39, 0.29) is 17.3 Å². The Morgan fingerprint density at radius 3 is 2.77 bits per heavy atom. The smallest absolute Gasteiger partial charge is 0.256 e. The van der Waals surface area contributed by atoms with Gasteiger partial charge in [-0.25, -0.2) is 4.98 Å². The fourth-order valence-corrected chi connectivity index (χ4v) is 3.58. The number of methoxy groups -OCH3 is 1. The monoisotopic (exact) mass is 461 g/mol. The van der Waals surface area contributed by atoms with Crippen LogP contribution in [0.2, 0.25) is 0 Å². The predicted octanol–water partition coefficient (Wildman–Crippen LogP) is 4.62. The normalized spacial score (nSPS) is 10.6. The van der Waals surface area contributed by atoms with Gasteiger partial charge >= 0.3 is 0 Å². The van der Waals surface area contributed by atoms with E-state index in [4.69, 9.17) is 4.74 Å². The molecule has 4 rings (SSSR count). The van der Waals surface area contributed by atoms with Gasteiger partial charge in [-0.2, -0.15) is 15.0 Å². The first-order chi connectivity index (χ1) is 14.5. The summed E-state index contributed by atoms with van der Waals surface area (Å²) in [6.07, 6.45) is 1.40. The van der Waals surface area contributed by atoms with Crippen molar-refractivity contribution < 1.29 is 9.53 Å². The average molecular weight is 462 g/mol. The summed E-state index contributed by atoms with van der Waals surface area (Å²) >= 11 is 3.36. The number of carbonyl (C=O) groups is 1.